The van der Waals surface area contributed by atoms with Crippen molar-refractivity contribution in [3.05, 3.63) is 17.0 Å². The summed E-state index contributed by atoms with van der Waals surface area (Å²) in [5, 5.41) is 3.67. The van der Waals surface area contributed by atoms with E-state index in [1.165, 1.54) is 4.31 Å². The number of hydrogen-bond donors (Lipinski definition) is 0. The first-order valence-electron chi connectivity index (χ1n) is 7.58. The molecule has 0 bridgehead atoms. The van der Waals surface area contributed by atoms with Gasteiger partial charge in [0.05, 0.1) is 17.4 Å². The highest BCUT2D eigenvalue weighted by atomic mass is 32.2. The number of aromatic nitrogens is 1. The second kappa shape index (κ2) is 5.66. The van der Waals surface area contributed by atoms with Crippen LogP contribution in [0.15, 0.2) is 4.52 Å². The first kappa shape index (κ1) is 15.5. The molecule has 7 nitrogen and oxygen atoms in total. The van der Waals surface area contributed by atoms with Crippen LogP contribution in [-0.2, 0) is 21.2 Å². The number of nitrogens with zero attached hydrogens (tertiary/aromatic N) is 3. The standard InChI is InChI=1S/C14H21N3O4S/c1-10-13(11(2)21-15-10)9-14(18)16-5-7-17(8-6-16)22(19,20)12-3-4-12/h12H,3-9H2,1-2H3. The second-order valence-electron chi connectivity index (χ2n) is 6.00. The van der Waals surface area contributed by atoms with E-state index in [1.807, 2.05) is 6.92 Å². The Morgan fingerprint density at radius 2 is 1.86 bits per heavy atom. The van der Waals surface area contributed by atoms with Crippen molar-refractivity contribution in [1.29, 1.82) is 0 Å². The lowest BCUT2D eigenvalue weighted by Gasteiger charge is -2.34. The Morgan fingerprint density at radius 1 is 1.23 bits per heavy atom. The molecule has 0 spiro atoms. The van der Waals surface area contributed by atoms with Crippen LogP contribution in [0.4, 0.5) is 0 Å². The minimum atomic E-state index is -3.13. The summed E-state index contributed by atoms with van der Waals surface area (Å²) in [4.78, 5) is 14.1. The molecule has 0 aromatic carbocycles. The molecule has 2 aliphatic rings. The maximum absolute atomic E-state index is 12.4. The molecule has 0 N–H and O–H groups in total. The van der Waals surface area contributed by atoms with Crippen molar-refractivity contribution in [3.63, 3.8) is 0 Å². The zero-order valence-electron chi connectivity index (χ0n) is 12.9. The van der Waals surface area contributed by atoms with Crippen molar-refractivity contribution < 1.29 is 17.7 Å². The Bertz CT molecular complexity index is 651. The number of hydrogen-bond acceptors (Lipinski definition) is 5. The van der Waals surface area contributed by atoms with E-state index in [1.54, 1.807) is 11.8 Å². The van der Waals surface area contributed by atoms with Crippen LogP contribution >= 0.6 is 0 Å². The highest BCUT2D eigenvalue weighted by Crippen LogP contribution is 2.31. The Morgan fingerprint density at radius 3 is 2.36 bits per heavy atom. The molecule has 0 unspecified atom stereocenters. The van der Waals surface area contributed by atoms with E-state index in [-0.39, 0.29) is 17.6 Å². The summed E-state index contributed by atoms with van der Waals surface area (Å²) in [5.74, 6) is 0.665. The third kappa shape index (κ3) is 2.89. The molecular formula is C14H21N3O4S. The fourth-order valence-electron chi connectivity index (χ4n) is 2.79. The molecule has 22 heavy (non-hydrogen) atoms. The van der Waals surface area contributed by atoms with Gasteiger partial charge in [0.15, 0.2) is 0 Å². The monoisotopic (exact) mass is 327 g/mol. The molecule has 1 saturated heterocycles. The van der Waals surface area contributed by atoms with Crippen molar-refractivity contribution in [2.24, 2.45) is 0 Å². The number of carbonyl (C=O) groups is 1. The fourth-order valence-corrected chi connectivity index (χ4v) is 4.61. The van der Waals surface area contributed by atoms with Gasteiger partial charge in [0.1, 0.15) is 5.76 Å². The average molecular weight is 327 g/mol. The van der Waals surface area contributed by atoms with Crippen LogP contribution in [0.25, 0.3) is 0 Å². The fraction of sp³-hybridized carbons (Fsp3) is 0.714. The Hall–Kier alpha value is -1.41. The highest BCUT2D eigenvalue weighted by Gasteiger charge is 2.41. The van der Waals surface area contributed by atoms with Crippen molar-refractivity contribution >= 4 is 15.9 Å². The Labute approximate surface area is 130 Å². The average Bonchev–Trinajstić information content (AvgIpc) is 3.31. The van der Waals surface area contributed by atoms with E-state index in [4.69, 9.17) is 4.52 Å². The molecule has 1 aliphatic carbocycles. The van der Waals surface area contributed by atoms with Gasteiger partial charge in [-0.25, -0.2) is 8.42 Å². The number of sulfonamides is 1. The summed E-state index contributed by atoms with van der Waals surface area (Å²) in [6.07, 6.45) is 1.80. The van der Waals surface area contributed by atoms with Crippen molar-refractivity contribution in [3.8, 4) is 0 Å². The zero-order chi connectivity index (χ0) is 15.9. The quantitative estimate of drug-likeness (QED) is 0.803. The SMILES string of the molecule is Cc1noc(C)c1CC(=O)N1CCN(S(=O)(=O)C2CC2)CC1. The van der Waals surface area contributed by atoms with Gasteiger partial charge in [0, 0.05) is 31.7 Å². The van der Waals surface area contributed by atoms with Gasteiger partial charge < -0.3 is 9.42 Å². The number of amides is 1. The van der Waals surface area contributed by atoms with Gasteiger partial charge in [-0.15, -0.1) is 0 Å². The van der Waals surface area contributed by atoms with E-state index in [2.05, 4.69) is 5.16 Å². The van der Waals surface area contributed by atoms with Crippen LogP contribution in [-0.4, -0.2) is 60.1 Å². The first-order valence-corrected chi connectivity index (χ1v) is 9.08. The Kier molecular flexibility index (Phi) is 3.98. The lowest BCUT2D eigenvalue weighted by atomic mass is 10.1. The number of aryl methyl sites for hydroxylation is 2. The molecule has 2 fully saturated rings. The van der Waals surface area contributed by atoms with E-state index >= 15 is 0 Å². The lowest BCUT2D eigenvalue weighted by molar-refractivity contribution is -0.131. The van der Waals surface area contributed by atoms with Gasteiger partial charge in [-0.1, -0.05) is 5.16 Å². The highest BCUT2D eigenvalue weighted by molar-refractivity contribution is 7.90. The van der Waals surface area contributed by atoms with Gasteiger partial charge in [0.2, 0.25) is 15.9 Å². The lowest BCUT2D eigenvalue weighted by Crippen LogP contribution is -2.51. The van der Waals surface area contributed by atoms with Crippen molar-refractivity contribution in [2.45, 2.75) is 38.4 Å². The van der Waals surface area contributed by atoms with Gasteiger partial charge in [-0.2, -0.15) is 4.31 Å². The maximum atomic E-state index is 12.4. The number of rotatable bonds is 4. The van der Waals surface area contributed by atoms with Crippen LogP contribution < -0.4 is 0 Å². The maximum Gasteiger partial charge on any atom is 0.227 e. The van der Waals surface area contributed by atoms with Crippen LogP contribution in [0.5, 0.6) is 0 Å². The van der Waals surface area contributed by atoms with Crippen LogP contribution in [0.3, 0.4) is 0 Å². The summed E-state index contributed by atoms with van der Waals surface area (Å²) >= 11 is 0. The van der Waals surface area contributed by atoms with Gasteiger partial charge in [-0.3, -0.25) is 4.79 Å². The largest absolute Gasteiger partial charge is 0.361 e. The molecule has 1 amide bonds. The molecule has 0 radical (unpaired) electrons. The predicted octanol–water partition coefficient (Wildman–Crippen LogP) is 0.470. The Balaban J connectivity index is 1.58. The third-order valence-electron chi connectivity index (χ3n) is 4.41. The number of piperazine rings is 1. The summed E-state index contributed by atoms with van der Waals surface area (Å²) in [7, 11) is -3.13. The molecule has 0 atom stereocenters. The minimum absolute atomic E-state index is 0.00197. The molecule has 2 heterocycles. The third-order valence-corrected chi connectivity index (χ3v) is 6.80. The minimum Gasteiger partial charge on any atom is -0.361 e. The summed E-state index contributed by atoms with van der Waals surface area (Å²) in [5.41, 5.74) is 1.57. The number of carbonyl (C=O) groups excluding carboxylic acids is 1. The van der Waals surface area contributed by atoms with E-state index in [9.17, 15) is 13.2 Å². The van der Waals surface area contributed by atoms with E-state index < -0.39 is 10.0 Å². The van der Waals surface area contributed by atoms with Crippen LogP contribution in [0.2, 0.25) is 0 Å². The second-order valence-corrected chi connectivity index (χ2v) is 8.22. The van der Waals surface area contributed by atoms with Crippen molar-refractivity contribution in [1.82, 2.24) is 14.4 Å². The molecule has 1 aliphatic heterocycles. The molecule has 1 saturated carbocycles. The van der Waals surface area contributed by atoms with E-state index in [0.717, 1.165) is 24.1 Å². The predicted molar refractivity (Wildman–Crippen MR) is 79.8 cm³/mol. The summed E-state index contributed by atoms with van der Waals surface area (Å²) in [6.45, 7) is 5.31. The van der Waals surface area contributed by atoms with Gasteiger partial charge in [0.25, 0.3) is 0 Å². The topological polar surface area (TPSA) is 83.7 Å². The summed E-state index contributed by atoms with van der Waals surface area (Å²) < 4.78 is 30.9. The summed E-state index contributed by atoms with van der Waals surface area (Å²) in [6, 6.07) is 0. The van der Waals surface area contributed by atoms with E-state index in [0.29, 0.717) is 31.9 Å². The molecule has 3 rings (SSSR count). The normalized spacial score (nSPS) is 20.4. The van der Waals surface area contributed by atoms with Crippen LogP contribution in [0.1, 0.15) is 29.9 Å². The zero-order valence-corrected chi connectivity index (χ0v) is 13.7. The first-order chi connectivity index (χ1) is 10.4. The van der Waals surface area contributed by atoms with Gasteiger partial charge in [-0.05, 0) is 26.7 Å². The van der Waals surface area contributed by atoms with Crippen LogP contribution in [0, 0.1) is 13.8 Å². The molecule has 122 valence electrons. The molecular weight excluding hydrogens is 306 g/mol. The smallest absolute Gasteiger partial charge is 0.227 e. The van der Waals surface area contributed by atoms with Gasteiger partial charge >= 0.3 is 0 Å². The molecule has 8 heteroatoms. The molecule has 1 aromatic rings. The molecule has 1 aromatic heterocycles. The van der Waals surface area contributed by atoms with Crippen molar-refractivity contribution in [2.75, 3.05) is 26.2 Å².